The number of ether oxygens (including phenoxy) is 1. The van der Waals surface area contributed by atoms with Gasteiger partial charge in [0.25, 0.3) is 0 Å². The van der Waals surface area contributed by atoms with Crippen LogP contribution in [0, 0.1) is 0 Å². The number of rotatable bonds is 3. The van der Waals surface area contributed by atoms with Crippen LogP contribution in [0.5, 0.6) is 0 Å². The van der Waals surface area contributed by atoms with Gasteiger partial charge in [0.05, 0.1) is 5.60 Å². The fourth-order valence-electron chi connectivity index (χ4n) is 2.10. The van der Waals surface area contributed by atoms with Crippen molar-refractivity contribution in [1.82, 2.24) is 9.97 Å². The first kappa shape index (κ1) is 14.7. The van der Waals surface area contributed by atoms with Gasteiger partial charge in [0.1, 0.15) is 16.2 Å². The molecular weight excluding hydrogens is 306 g/mol. The molecule has 5 heteroatoms. The summed E-state index contributed by atoms with van der Waals surface area (Å²) in [6.45, 7) is 10.1. The first-order valence-electron chi connectivity index (χ1n) is 6.71. The number of hydrogen-bond acceptors (Lipinski definition) is 4. The summed E-state index contributed by atoms with van der Waals surface area (Å²) in [4.78, 5) is 9.03. The Labute approximate surface area is 123 Å². The molecular formula is C14H22BrN3O. The minimum Gasteiger partial charge on any atom is -0.373 e. The van der Waals surface area contributed by atoms with Gasteiger partial charge < -0.3 is 10.1 Å². The third-order valence-corrected chi connectivity index (χ3v) is 3.72. The highest BCUT2D eigenvalue weighted by molar-refractivity contribution is 9.10. The van der Waals surface area contributed by atoms with E-state index in [9.17, 15) is 0 Å². The van der Waals surface area contributed by atoms with Gasteiger partial charge in [0, 0.05) is 24.6 Å². The SMILES string of the molecule is CC1(CNc2cc(Br)nc(C(C)(C)C)n2)CCCO1. The van der Waals surface area contributed by atoms with Crippen LogP contribution in [0.1, 0.15) is 46.4 Å². The van der Waals surface area contributed by atoms with Crippen LogP contribution in [0.3, 0.4) is 0 Å². The van der Waals surface area contributed by atoms with Crippen LogP contribution in [0.4, 0.5) is 5.82 Å². The molecule has 0 bridgehead atoms. The van der Waals surface area contributed by atoms with E-state index < -0.39 is 0 Å². The molecule has 2 rings (SSSR count). The first-order valence-corrected chi connectivity index (χ1v) is 7.51. The second-order valence-electron chi connectivity index (χ2n) is 6.40. The van der Waals surface area contributed by atoms with Crippen molar-refractivity contribution in [3.8, 4) is 0 Å². The highest BCUT2D eigenvalue weighted by Gasteiger charge is 2.29. The van der Waals surface area contributed by atoms with Gasteiger partial charge >= 0.3 is 0 Å². The third-order valence-electron chi connectivity index (χ3n) is 3.31. The summed E-state index contributed by atoms with van der Waals surface area (Å²) in [6, 6.07) is 1.91. The van der Waals surface area contributed by atoms with Crippen molar-refractivity contribution >= 4 is 21.7 Å². The molecule has 0 amide bonds. The zero-order valence-electron chi connectivity index (χ0n) is 12.1. The highest BCUT2D eigenvalue weighted by atomic mass is 79.9. The predicted octanol–water partition coefficient (Wildman–Crippen LogP) is 3.52. The van der Waals surface area contributed by atoms with E-state index in [4.69, 9.17) is 4.74 Å². The van der Waals surface area contributed by atoms with Crippen LogP contribution in [0.25, 0.3) is 0 Å². The Morgan fingerprint density at radius 3 is 2.74 bits per heavy atom. The molecule has 0 saturated carbocycles. The lowest BCUT2D eigenvalue weighted by molar-refractivity contribution is 0.0314. The summed E-state index contributed by atoms with van der Waals surface area (Å²) >= 11 is 3.45. The van der Waals surface area contributed by atoms with Gasteiger partial charge in [-0.2, -0.15) is 0 Å². The standard InChI is InChI=1S/C14H22BrN3O/c1-13(2,3)12-17-10(15)8-11(18-12)16-9-14(4)6-5-7-19-14/h8H,5-7,9H2,1-4H3,(H,16,17,18). The molecule has 106 valence electrons. The second kappa shape index (κ2) is 5.37. The van der Waals surface area contributed by atoms with Crippen molar-refractivity contribution in [2.24, 2.45) is 0 Å². The van der Waals surface area contributed by atoms with Gasteiger partial charge in [-0.05, 0) is 35.7 Å². The van der Waals surface area contributed by atoms with E-state index in [0.29, 0.717) is 0 Å². The van der Waals surface area contributed by atoms with E-state index in [0.717, 1.165) is 42.2 Å². The smallest absolute Gasteiger partial charge is 0.137 e. The maximum absolute atomic E-state index is 5.77. The second-order valence-corrected chi connectivity index (χ2v) is 7.22. The zero-order valence-corrected chi connectivity index (χ0v) is 13.7. The van der Waals surface area contributed by atoms with Crippen molar-refractivity contribution < 1.29 is 4.74 Å². The fraction of sp³-hybridized carbons (Fsp3) is 0.714. The van der Waals surface area contributed by atoms with Gasteiger partial charge in [0.15, 0.2) is 0 Å². The van der Waals surface area contributed by atoms with Gasteiger partial charge in [-0.1, -0.05) is 20.8 Å². The van der Waals surface area contributed by atoms with Crippen LogP contribution >= 0.6 is 15.9 Å². The quantitative estimate of drug-likeness (QED) is 0.863. The molecule has 2 heterocycles. The molecule has 1 atom stereocenters. The Bertz CT molecular complexity index is 450. The van der Waals surface area contributed by atoms with Crippen LogP contribution in [-0.4, -0.2) is 28.7 Å². The van der Waals surface area contributed by atoms with Crippen molar-refractivity contribution in [2.75, 3.05) is 18.5 Å². The Kier molecular flexibility index (Phi) is 4.16. The fourth-order valence-corrected chi connectivity index (χ4v) is 2.48. The van der Waals surface area contributed by atoms with Crippen LogP contribution in [0.15, 0.2) is 10.7 Å². The normalized spacial score (nSPS) is 23.6. The minimum absolute atomic E-state index is 0.0615. The van der Waals surface area contributed by atoms with E-state index in [-0.39, 0.29) is 11.0 Å². The topological polar surface area (TPSA) is 47.0 Å². The Hall–Kier alpha value is -0.680. The summed E-state index contributed by atoms with van der Waals surface area (Å²) in [5.41, 5.74) is -0.132. The predicted molar refractivity (Wildman–Crippen MR) is 80.5 cm³/mol. The summed E-state index contributed by atoms with van der Waals surface area (Å²) in [7, 11) is 0. The molecule has 1 aromatic rings. The number of hydrogen-bond donors (Lipinski definition) is 1. The molecule has 1 aliphatic rings. The summed E-state index contributed by atoms with van der Waals surface area (Å²) in [5, 5.41) is 3.37. The largest absolute Gasteiger partial charge is 0.373 e. The van der Waals surface area contributed by atoms with Crippen molar-refractivity contribution in [3.63, 3.8) is 0 Å². The van der Waals surface area contributed by atoms with Crippen molar-refractivity contribution in [1.29, 1.82) is 0 Å². The molecule has 1 aliphatic heterocycles. The number of aromatic nitrogens is 2. The Morgan fingerprint density at radius 1 is 1.42 bits per heavy atom. The third kappa shape index (κ3) is 3.89. The molecule has 1 saturated heterocycles. The molecule has 19 heavy (non-hydrogen) atoms. The van der Waals surface area contributed by atoms with E-state index in [2.05, 4.69) is 58.9 Å². The lowest BCUT2D eigenvalue weighted by Gasteiger charge is -2.24. The lowest BCUT2D eigenvalue weighted by atomic mass is 9.96. The van der Waals surface area contributed by atoms with Crippen LogP contribution in [-0.2, 0) is 10.2 Å². The number of nitrogens with zero attached hydrogens (tertiary/aromatic N) is 2. The van der Waals surface area contributed by atoms with Crippen LogP contribution < -0.4 is 5.32 Å². The molecule has 0 radical (unpaired) electrons. The van der Waals surface area contributed by atoms with E-state index in [1.165, 1.54) is 0 Å². The minimum atomic E-state index is -0.0701. The average molecular weight is 328 g/mol. The summed E-state index contributed by atoms with van der Waals surface area (Å²) < 4.78 is 6.58. The molecule has 4 nitrogen and oxygen atoms in total. The molecule has 1 fully saturated rings. The van der Waals surface area contributed by atoms with Crippen molar-refractivity contribution in [2.45, 2.75) is 51.6 Å². The van der Waals surface area contributed by atoms with Crippen molar-refractivity contribution in [3.05, 3.63) is 16.5 Å². The molecule has 0 spiro atoms. The monoisotopic (exact) mass is 327 g/mol. The van der Waals surface area contributed by atoms with Gasteiger partial charge in [-0.15, -0.1) is 0 Å². The number of halogens is 1. The van der Waals surface area contributed by atoms with E-state index in [1.54, 1.807) is 0 Å². The Balaban J connectivity index is 2.10. The van der Waals surface area contributed by atoms with E-state index >= 15 is 0 Å². The van der Waals surface area contributed by atoms with Crippen LogP contribution in [0.2, 0.25) is 0 Å². The van der Waals surface area contributed by atoms with E-state index in [1.807, 2.05) is 6.07 Å². The molecule has 0 aliphatic carbocycles. The lowest BCUT2D eigenvalue weighted by Crippen LogP contribution is -2.33. The molecule has 1 N–H and O–H groups in total. The number of nitrogens with one attached hydrogen (secondary N) is 1. The van der Waals surface area contributed by atoms with Gasteiger partial charge in [0.2, 0.25) is 0 Å². The van der Waals surface area contributed by atoms with Gasteiger partial charge in [-0.25, -0.2) is 9.97 Å². The zero-order chi connectivity index (χ0) is 14.1. The summed E-state index contributed by atoms with van der Waals surface area (Å²) in [6.07, 6.45) is 2.23. The molecule has 0 aromatic carbocycles. The van der Waals surface area contributed by atoms with Gasteiger partial charge in [-0.3, -0.25) is 0 Å². The number of anilines is 1. The Morgan fingerprint density at radius 2 is 2.16 bits per heavy atom. The maximum Gasteiger partial charge on any atom is 0.137 e. The molecule has 1 aromatic heterocycles. The highest BCUT2D eigenvalue weighted by Crippen LogP contribution is 2.26. The summed E-state index contributed by atoms with van der Waals surface area (Å²) in [5.74, 6) is 1.69. The average Bonchev–Trinajstić information content (AvgIpc) is 2.72. The molecule has 1 unspecified atom stereocenters. The maximum atomic E-state index is 5.77. The first-order chi connectivity index (χ1) is 8.78.